The molecule has 1 aromatic heterocycles. The highest BCUT2D eigenvalue weighted by atomic mass is 79.9. The van der Waals surface area contributed by atoms with Gasteiger partial charge in [-0.15, -0.1) is 5.10 Å². The summed E-state index contributed by atoms with van der Waals surface area (Å²) in [7, 11) is -2.11. The predicted octanol–water partition coefficient (Wildman–Crippen LogP) is -0.797. The lowest BCUT2D eigenvalue weighted by atomic mass is 10.4. The van der Waals surface area contributed by atoms with Crippen LogP contribution in [0.3, 0.4) is 0 Å². The van der Waals surface area contributed by atoms with E-state index in [0.717, 1.165) is 0 Å². The number of hydrogen-bond donors (Lipinski definition) is 2. The molecular weight excluding hydrogens is 286 g/mol. The molecule has 1 atom stereocenters. The zero-order chi connectivity index (χ0) is 11.6. The molecule has 1 aromatic rings. The van der Waals surface area contributed by atoms with E-state index in [1.165, 1.54) is 11.7 Å². The minimum atomic E-state index is -3.61. The zero-order valence-corrected chi connectivity index (χ0v) is 10.7. The van der Waals surface area contributed by atoms with Gasteiger partial charge in [-0.05, 0) is 22.9 Å². The fourth-order valence-electron chi connectivity index (χ4n) is 0.918. The Hall–Kier alpha value is -0.510. The first-order valence-corrected chi connectivity index (χ1v) is 6.42. The van der Waals surface area contributed by atoms with Crippen molar-refractivity contribution in [3.63, 3.8) is 0 Å². The van der Waals surface area contributed by atoms with E-state index in [1.54, 1.807) is 6.92 Å². The lowest BCUT2D eigenvalue weighted by Gasteiger charge is -2.08. The minimum absolute atomic E-state index is 0.0110. The summed E-state index contributed by atoms with van der Waals surface area (Å²) >= 11 is 3.02. The smallest absolute Gasteiger partial charge is 0.260 e. The van der Waals surface area contributed by atoms with Crippen LogP contribution in [0, 0.1) is 0 Å². The Kier molecular flexibility index (Phi) is 3.82. The second-order valence-corrected chi connectivity index (χ2v) is 5.57. The lowest BCUT2D eigenvalue weighted by Crippen LogP contribution is -2.36. The number of nitrogens with two attached hydrogens (primary N) is 1. The topological polar surface area (TPSA) is 103 Å². The summed E-state index contributed by atoms with van der Waals surface area (Å²) in [6, 6.07) is -0.250. The van der Waals surface area contributed by atoms with E-state index in [1.807, 2.05) is 0 Å². The Bertz CT molecular complexity index is 421. The maximum Gasteiger partial charge on any atom is 0.260 e. The normalized spacial score (nSPS) is 14.1. The van der Waals surface area contributed by atoms with Crippen molar-refractivity contribution in [1.82, 2.24) is 19.7 Å². The molecule has 0 aliphatic carbocycles. The van der Waals surface area contributed by atoms with Gasteiger partial charge < -0.3 is 5.73 Å². The minimum Gasteiger partial charge on any atom is -0.327 e. The molecule has 86 valence electrons. The van der Waals surface area contributed by atoms with Gasteiger partial charge in [0.25, 0.3) is 10.0 Å². The Balaban J connectivity index is 2.96. The molecule has 0 fully saturated rings. The van der Waals surface area contributed by atoms with Gasteiger partial charge in [-0.25, -0.2) is 17.8 Å². The van der Waals surface area contributed by atoms with Crippen LogP contribution in [0.2, 0.25) is 0 Å². The summed E-state index contributed by atoms with van der Waals surface area (Å²) in [5, 5.41) is 7.16. The van der Waals surface area contributed by atoms with Crippen LogP contribution in [0.5, 0.6) is 0 Å². The second-order valence-electron chi connectivity index (χ2n) is 3.14. The molecule has 0 bridgehead atoms. The van der Waals surface area contributed by atoms with Gasteiger partial charge in [0.15, 0.2) is 4.60 Å². The fraction of sp³-hybridized carbons (Fsp3) is 0.667. The molecule has 0 amide bonds. The maximum absolute atomic E-state index is 11.7. The van der Waals surface area contributed by atoms with Crippen LogP contribution in [0.25, 0.3) is 0 Å². The molecule has 0 saturated heterocycles. The number of hydrogen-bond acceptors (Lipinski definition) is 5. The molecule has 0 radical (unpaired) electrons. The molecule has 9 heteroatoms. The molecule has 0 aromatic carbocycles. The summed E-state index contributed by atoms with van der Waals surface area (Å²) in [6.07, 6.45) is 0. The van der Waals surface area contributed by atoms with Crippen molar-refractivity contribution >= 4 is 26.0 Å². The van der Waals surface area contributed by atoms with Gasteiger partial charge in [0.1, 0.15) is 0 Å². The SMILES string of the molecule is CC(N)CNS(=O)(=O)c1c(Br)nnn1C. The van der Waals surface area contributed by atoms with E-state index in [0.29, 0.717) is 0 Å². The molecule has 0 spiro atoms. The molecule has 15 heavy (non-hydrogen) atoms. The number of sulfonamides is 1. The van der Waals surface area contributed by atoms with Gasteiger partial charge in [-0.3, -0.25) is 0 Å². The molecule has 0 saturated carbocycles. The monoisotopic (exact) mass is 297 g/mol. The van der Waals surface area contributed by atoms with Crippen LogP contribution in [0.4, 0.5) is 0 Å². The maximum atomic E-state index is 11.7. The Morgan fingerprint density at radius 3 is 2.67 bits per heavy atom. The fourth-order valence-corrected chi connectivity index (χ4v) is 3.15. The standard InChI is InChI=1S/C6H12BrN5O2S/c1-4(8)3-9-15(13,14)6-5(7)10-11-12(6)2/h4,9H,3,8H2,1-2H3. The number of halogens is 1. The van der Waals surface area contributed by atoms with Crippen molar-refractivity contribution in [2.45, 2.75) is 18.0 Å². The number of aromatic nitrogens is 3. The Morgan fingerprint density at radius 2 is 2.27 bits per heavy atom. The van der Waals surface area contributed by atoms with Crippen LogP contribution in [-0.4, -0.2) is 36.0 Å². The Morgan fingerprint density at radius 1 is 1.67 bits per heavy atom. The van der Waals surface area contributed by atoms with Crippen LogP contribution in [0.15, 0.2) is 9.63 Å². The van der Waals surface area contributed by atoms with E-state index >= 15 is 0 Å². The molecule has 1 heterocycles. The van der Waals surface area contributed by atoms with Crippen molar-refractivity contribution in [3.8, 4) is 0 Å². The van der Waals surface area contributed by atoms with E-state index in [-0.39, 0.29) is 22.2 Å². The first kappa shape index (κ1) is 12.6. The van der Waals surface area contributed by atoms with Crippen molar-refractivity contribution in [3.05, 3.63) is 4.60 Å². The largest absolute Gasteiger partial charge is 0.327 e. The van der Waals surface area contributed by atoms with Crippen LogP contribution in [0.1, 0.15) is 6.92 Å². The number of nitrogens with one attached hydrogen (secondary N) is 1. The third-order valence-electron chi connectivity index (χ3n) is 1.59. The summed E-state index contributed by atoms with van der Waals surface area (Å²) in [5.41, 5.74) is 5.45. The van der Waals surface area contributed by atoms with Gasteiger partial charge >= 0.3 is 0 Å². The average Bonchev–Trinajstić information content (AvgIpc) is 2.43. The highest BCUT2D eigenvalue weighted by Crippen LogP contribution is 2.17. The van der Waals surface area contributed by atoms with Gasteiger partial charge in [-0.1, -0.05) is 5.21 Å². The quantitative estimate of drug-likeness (QED) is 0.758. The molecule has 7 nitrogen and oxygen atoms in total. The Labute approximate surface area is 96.2 Å². The van der Waals surface area contributed by atoms with Crippen molar-refractivity contribution in [2.75, 3.05) is 6.54 Å². The number of rotatable bonds is 4. The van der Waals surface area contributed by atoms with Crippen molar-refractivity contribution < 1.29 is 8.42 Å². The number of aryl methyl sites for hydroxylation is 1. The third kappa shape index (κ3) is 2.97. The molecule has 1 rings (SSSR count). The van der Waals surface area contributed by atoms with Gasteiger partial charge in [0.2, 0.25) is 5.03 Å². The highest BCUT2D eigenvalue weighted by molar-refractivity contribution is 9.10. The summed E-state index contributed by atoms with van der Waals surface area (Å²) in [4.78, 5) is 0. The van der Waals surface area contributed by atoms with E-state index in [9.17, 15) is 8.42 Å². The molecular formula is C6H12BrN5O2S. The van der Waals surface area contributed by atoms with Crippen LogP contribution >= 0.6 is 15.9 Å². The molecule has 0 aliphatic heterocycles. The molecule has 3 N–H and O–H groups in total. The van der Waals surface area contributed by atoms with Crippen LogP contribution < -0.4 is 10.5 Å². The van der Waals surface area contributed by atoms with E-state index in [4.69, 9.17) is 5.73 Å². The molecule has 1 unspecified atom stereocenters. The summed E-state index contributed by atoms with van der Waals surface area (Å²) in [6.45, 7) is 1.87. The van der Waals surface area contributed by atoms with Gasteiger partial charge in [0.05, 0.1) is 0 Å². The van der Waals surface area contributed by atoms with E-state index in [2.05, 4.69) is 31.0 Å². The second kappa shape index (κ2) is 4.56. The first-order valence-electron chi connectivity index (χ1n) is 4.15. The van der Waals surface area contributed by atoms with Gasteiger partial charge in [-0.2, -0.15) is 0 Å². The summed E-state index contributed by atoms with van der Waals surface area (Å²) < 4.78 is 27.2. The first-order chi connectivity index (χ1) is 6.84. The molecule has 0 aliphatic rings. The number of nitrogens with zero attached hydrogens (tertiary/aromatic N) is 3. The predicted molar refractivity (Wildman–Crippen MR) is 57.5 cm³/mol. The zero-order valence-electron chi connectivity index (χ0n) is 8.31. The highest BCUT2D eigenvalue weighted by Gasteiger charge is 2.23. The van der Waals surface area contributed by atoms with Crippen molar-refractivity contribution in [1.29, 1.82) is 0 Å². The summed E-state index contributed by atoms with van der Waals surface area (Å²) in [5.74, 6) is 0. The lowest BCUT2D eigenvalue weighted by molar-refractivity contribution is 0.554. The average molecular weight is 298 g/mol. The van der Waals surface area contributed by atoms with Crippen LogP contribution in [-0.2, 0) is 17.1 Å². The van der Waals surface area contributed by atoms with E-state index < -0.39 is 10.0 Å². The van der Waals surface area contributed by atoms with Crippen molar-refractivity contribution in [2.24, 2.45) is 12.8 Å². The third-order valence-corrected chi connectivity index (χ3v) is 3.90. The van der Waals surface area contributed by atoms with Gasteiger partial charge in [0, 0.05) is 19.6 Å².